The molecule has 0 bridgehead atoms. The second-order valence-electron chi connectivity index (χ2n) is 12.1. The summed E-state index contributed by atoms with van der Waals surface area (Å²) in [5.74, 6) is -5.78. The molecule has 2 aliphatic heterocycles. The van der Waals surface area contributed by atoms with Crippen molar-refractivity contribution in [2.24, 2.45) is 5.73 Å². The Morgan fingerprint density at radius 3 is 1.94 bits per heavy atom. The SMILES string of the molecule is COC(=O)C1OC(Oc2ccc3c(C)cc(=O)oc3c2C=O)C(OC(C)=O)C(OC(C)=O)C1OC1OC(COC(C)=O)C(OC(C)=O)C(OC(C)=O)C1N. The van der Waals surface area contributed by atoms with Crippen molar-refractivity contribution in [2.45, 2.75) is 103 Å². The molecule has 1 aromatic carbocycles. The van der Waals surface area contributed by atoms with Crippen LogP contribution in [-0.2, 0) is 71.4 Å². The topological polar surface area (TPSA) is 268 Å². The molecular weight excluding hydrogens is 726 g/mol. The van der Waals surface area contributed by atoms with E-state index in [4.69, 9.17) is 57.5 Å². The molecule has 0 saturated carbocycles. The number of esters is 6. The van der Waals surface area contributed by atoms with Crippen LogP contribution in [0.1, 0.15) is 50.5 Å². The van der Waals surface area contributed by atoms with Gasteiger partial charge in [-0.2, -0.15) is 0 Å². The Kier molecular flexibility index (Phi) is 13.5. The second-order valence-corrected chi connectivity index (χ2v) is 12.1. The lowest BCUT2D eigenvalue weighted by molar-refractivity contribution is -0.333. The fourth-order valence-electron chi connectivity index (χ4n) is 5.94. The average Bonchev–Trinajstić information content (AvgIpc) is 3.07. The van der Waals surface area contributed by atoms with Crippen molar-refractivity contribution < 1.29 is 85.3 Å². The van der Waals surface area contributed by atoms with E-state index in [0.29, 0.717) is 17.2 Å². The summed E-state index contributed by atoms with van der Waals surface area (Å²) in [5, 5.41) is 0.391. The molecule has 0 aliphatic carbocycles. The van der Waals surface area contributed by atoms with Crippen molar-refractivity contribution in [1.29, 1.82) is 0 Å². The molecule has 4 rings (SSSR count). The maximum Gasteiger partial charge on any atom is 0.338 e. The predicted molar refractivity (Wildman–Crippen MR) is 174 cm³/mol. The van der Waals surface area contributed by atoms with Gasteiger partial charge in [0.2, 0.25) is 12.4 Å². The molecule has 0 radical (unpaired) electrons. The Hall–Kier alpha value is -5.44. The van der Waals surface area contributed by atoms with Gasteiger partial charge in [0.15, 0.2) is 42.6 Å². The summed E-state index contributed by atoms with van der Waals surface area (Å²) in [5.41, 5.74) is 5.77. The Morgan fingerprint density at radius 2 is 1.37 bits per heavy atom. The quantitative estimate of drug-likeness (QED) is 0.128. The van der Waals surface area contributed by atoms with Crippen LogP contribution in [0.5, 0.6) is 5.75 Å². The standard InChI is InChI=1S/C34H39NO19/c1-13-10-23(42)52-25-19(13)8-9-21(20(25)11-36)50-34-31(49-18(6)41)29(48-17(5)40)28(30(54-34)32(43)44-7)53-33-24(35)27(47-16(4)39)26(46-15(3)38)22(51-33)12-45-14(2)37/h8-11,22,24,26-31,33-34H,12,35H2,1-7H3. The number of benzene rings is 1. The summed E-state index contributed by atoms with van der Waals surface area (Å²) < 4.78 is 61.2. The molecular formula is C34H39NO19. The molecule has 0 spiro atoms. The summed E-state index contributed by atoms with van der Waals surface area (Å²) in [6.45, 7) is 6.26. The molecule has 10 atom stereocenters. The van der Waals surface area contributed by atoms with Crippen LogP contribution >= 0.6 is 0 Å². The van der Waals surface area contributed by atoms with E-state index < -0.39 is 109 Å². The zero-order valence-electron chi connectivity index (χ0n) is 30.1. The number of fused-ring (bicyclic) bond motifs is 1. The van der Waals surface area contributed by atoms with E-state index >= 15 is 0 Å². The van der Waals surface area contributed by atoms with E-state index in [2.05, 4.69) is 0 Å². The zero-order valence-corrected chi connectivity index (χ0v) is 30.1. The minimum atomic E-state index is -1.91. The van der Waals surface area contributed by atoms with Crippen molar-refractivity contribution >= 4 is 53.1 Å². The highest BCUT2D eigenvalue weighted by molar-refractivity contribution is 5.98. The number of rotatable bonds is 12. The van der Waals surface area contributed by atoms with E-state index in [1.807, 2.05) is 0 Å². The molecule has 2 N–H and O–H groups in total. The lowest BCUT2D eigenvalue weighted by atomic mass is 9.95. The van der Waals surface area contributed by atoms with E-state index in [9.17, 15) is 38.4 Å². The number of hydrogen-bond acceptors (Lipinski definition) is 20. The number of carbonyl (C=O) groups excluding carboxylic acids is 7. The molecule has 2 aromatic rings. The fourth-order valence-corrected chi connectivity index (χ4v) is 5.94. The second kappa shape index (κ2) is 17.6. The first kappa shape index (κ1) is 41.3. The number of aryl methyl sites for hydroxylation is 1. The average molecular weight is 766 g/mol. The van der Waals surface area contributed by atoms with E-state index in [-0.39, 0.29) is 16.9 Å². The Bertz CT molecular complexity index is 1840. The van der Waals surface area contributed by atoms with Gasteiger partial charge < -0.3 is 57.5 Å². The molecule has 3 heterocycles. The van der Waals surface area contributed by atoms with Gasteiger partial charge in [0, 0.05) is 46.1 Å². The normalized spacial score (nSPS) is 27.9. The van der Waals surface area contributed by atoms with Crippen LogP contribution < -0.4 is 16.1 Å². The maximum absolute atomic E-state index is 13.4. The highest BCUT2D eigenvalue weighted by Crippen LogP contribution is 2.36. The lowest BCUT2D eigenvalue weighted by Gasteiger charge is -2.48. The fraction of sp³-hybridized carbons (Fsp3) is 0.529. The van der Waals surface area contributed by atoms with Gasteiger partial charge in [0.25, 0.3) is 0 Å². The Morgan fingerprint density at radius 1 is 0.778 bits per heavy atom. The van der Waals surface area contributed by atoms with Crippen LogP contribution in [0.25, 0.3) is 11.0 Å². The molecule has 10 unspecified atom stereocenters. The molecule has 1 aromatic heterocycles. The largest absolute Gasteiger partial charge is 0.467 e. The van der Waals surface area contributed by atoms with Crippen LogP contribution in [0.15, 0.2) is 27.4 Å². The first-order chi connectivity index (χ1) is 25.4. The van der Waals surface area contributed by atoms with Crippen molar-refractivity contribution in [1.82, 2.24) is 0 Å². The first-order valence-corrected chi connectivity index (χ1v) is 16.3. The molecule has 294 valence electrons. The lowest BCUT2D eigenvalue weighted by Crippen LogP contribution is -2.69. The van der Waals surface area contributed by atoms with Crippen LogP contribution in [0.2, 0.25) is 0 Å². The van der Waals surface area contributed by atoms with Crippen LogP contribution in [0.3, 0.4) is 0 Å². The highest BCUT2D eigenvalue weighted by Gasteiger charge is 2.58. The van der Waals surface area contributed by atoms with Gasteiger partial charge in [0.1, 0.15) is 24.6 Å². The third-order valence-corrected chi connectivity index (χ3v) is 8.05. The molecule has 2 saturated heterocycles. The van der Waals surface area contributed by atoms with Gasteiger partial charge in [-0.1, -0.05) is 0 Å². The molecule has 20 nitrogen and oxygen atoms in total. The summed E-state index contributed by atoms with van der Waals surface area (Å²) >= 11 is 0. The highest BCUT2D eigenvalue weighted by atomic mass is 16.8. The molecule has 2 aliphatic rings. The predicted octanol–water partition coefficient (Wildman–Crippen LogP) is -0.0821. The summed E-state index contributed by atoms with van der Waals surface area (Å²) in [6, 6.07) is 2.50. The Labute approximate surface area is 306 Å². The van der Waals surface area contributed by atoms with Gasteiger partial charge in [-0.3, -0.25) is 28.8 Å². The molecule has 2 fully saturated rings. The first-order valence-electron chi connectivity index (χ1n) is 16.3. The van der Waals surface area contributed by atoms with Crippen molar-refractivity contribution in [3.8, 4) is 5.75 Å². The van der Waals surface area contributed by atoms with Gasteiger partial charge in [-0.05, 0) is 24.6 Å². The summed E-state index contributed by atoms with van der Waals surface area (Å²) in [4.78, 5) is 98.9. The summed E-state index contributed by atoms with van der Waals surface area (Å²) in [6.07, 6.45) is -14.9. The number of carbonyl (C=O) groups is 7. The smallest absolute Gasteiger partial charge is 0.338 e. The van der Waals surface area contributed by atoms with Gasteiger partial charge in [-0.25, -0.2) is 9.59 Å². The van der Waals surface area contributed by atoms with Gasteiger partial charge in [-0.15, -0.1) is 0 Å². The number of nitrogens with two attached hydrogens (primary N) is 1. The van der Waals surface area contributed by atoms with Crippen LogP contribution in [0, 0.1) is 6.92 Å². The third-order valence-electron chi connectivity index (χ3n) is 8.05. The minimum Gasteiger partial charge on any atom is -0.467 e. The van der Waals surface area contributed by atoms with Gasteiger partial charge >= 0.3 is 41.4 Å². The maximum atomic E-state index is 13.4. The molecule has 0 amide bonds. The van der Waals surface area contributed by atoms with Crippen LogP contribution in [-0.4, -0.2) is 117 Å². The number of methoxy groups -OCH3 is 1. The number of ether oxygens (including phenoxy) is 10. The van der Waals surface area contributed by atoms with E-state index in [0.717, 1.165) is 41.7 Å². The zero-order chi connectivity index (χ0) is 40.0. The van der Waals surface area contributed by atoms with Crippen molar-refractivity contribution in [3.05, 3.63) is 39.7 Å². The number of aldehydes is 1. The summed E-state index contributed by atoms with van der Waals surface area (Å²) in [7, 11) is 0.994. The van der Waals surface area contributed by atoms with E-state index in [1.165, 1.54) is 18.2 Å². The molecule has 54 heavy (non-hydrogen) atoms. The van der Waals surface area contributed by atoms with Crippen LogP contribution in [0.4, 0.5) is 0 Å². The Balaban J connectivity index is 1.81. The van der Waals surface area contributed by atoms with Gasteiger partial charge in [0.05, 0.1) is 18.7 Å². The molecule has 20 heteroatoms. The minimum absolute atomic E-state index is 0.143. The monoisotopic (exact) mass is 765 g/mol. The van der Waals surface area contributed by atoms with E-state index in [1.54, 1.807) is 6.92 Å². The van der Waals surface area contributed by atoms with Crippen molar-refractivity contribution in [2.75, 3.05) is 13.7 Å². The third kappa shape index (κ3) is 9.56. The van der Waals surface area contributed by atoms with Crippen molar-refractivity contribution in [3.63, 3.8) is 0 Å². The number of hydrogen-bond donors (Lipinski definition) is 1.